The molecule has 1 unspecified atom stereocenters. The van der Waals surface area contributed by atoms with E-state index in [1.54, 1.807) is 29.1 Å². The zero-order valence-corrected chi connectivity index (χ0v) is 16.7. The highest BCUT2D eigenvalue weighted by Crippen LogP contribution is 2.33. The van der Waals surface area contributed by atoms with E-state index in [0.29, 0.717) is 17.4 Å². The SMILES string of the molecule is Cc1nn(C)nc1C1CCCN1Cc1ccc(Oc2ccc(C(N)=O)cc2)cc1. The van der Waals surface area contributed by atoms with Crippen molar-refractivity contribution in [2.45, 2.75) is 32.4 Å². The smallest absolute Gasteiger partial charge is 0.248 e. The van der Waals surface area contributed by atoms with Crippen LogP contribution in [0.3, 0.4) is 0 Å². The Kier molecular flexibility index (Phi) is 5.31. The molecule has 0 bridgehead atoms. The van der Waals surface area contributed by atoms with E-state index in [-0.39, 0.29) is 0 Å². The molecule has 150 valence electrons. The van der Waals surface area contributed by atoms with E-state index in [0.717, 1.165) is 36.6 Å². The molecule has 2 aromatic carbocycles. The van der Waals surface area contributed by atoms with Crippen LogP contribution >= 0.6 is 0 Å². The quantitative estimate of drug-likeness (QED) is 0.696. The van der Waals surface area contributed by atoms with Crippen LogP contribution in [0.2, 0.25) is 0 Å². The minimum Gasteiger partial charge on any atom is -0.457 e. The molecule has 7 nitrogen and oxygen atoms in total. The zero-order valence-electron chi connectivity index (χ0n) is 16.7. The highest BCUT2D eigenvalue weighted by atomic mass is 16.5. The van der Waals surface area contributed by atoms with Gasteiger partial charge in [0.15, 0.2) is 0 Å². The second kappa shape index (κ2) is 8.05. The average Bonchev–Trinajstić information content (AvgIpc) is 3.29. The normalized spacial score (nSPS) is 16.8. The lowest BCUT2D eigenvalue weighted by Crippen LogP contribution is -2.23. The first kappa shape index (κ1) is 19.1. The molecule has 0 spiro atoms. The molecule has 4 rings (SSSR count). The lowest BCUT2D eigenvalue weighted by atomic mass is 10.1. The molecule has 29 heavy (non-hydrogen) atoms. The molecule has 3 aromatic rings. The van der Waals surface area contributed by atoms with Crippen molar-refractivity contribution in [3.05, 3.63) is 71.0 Å². The van der Waals surface area contributed by atoms with Gasteiger partial charge in [0.1, 0.15) is 17.2 Å². The van der Waals surface area contributed by atoms with Gasteiger partial charge in [0.25, 0.3) is 0 Å². The molecule has 7 heteroatoms. The number of likely N-dealkylation sites (tertiary alicyclic amines) is 1. The lowest BCUT2D eigenvalue weighted by Gasteiger charge is -2.23. The van der Waals surface area contributed by atoms with Crippen LogP contribution in [0.15, 0.2) is 48.5 Å². The van der Waals surface area contributed by atoms with Gasteiger partial charge >= 0.3 is 0 Å². The number of hydrogen-bond donors (Lipinski definition) is 1. The predicted molar refractivity (Wildman–Crippen MR) is 110 cm³/mol. The number of nitrogens with two attached hydrogens (primary N) is 1. The first-order valence-electron chi connectivity index (χ1n) is 9.78. The Balaban J connectivity index is 1.41. The number of amides is 1. The van der Waals surface area contributed by atoms with Crippen LogP contribution in [0.1, 0.15) is 46.2 Å². The first-order chi connectivity index (χ1) is 14.0. The largest absolute Gasteiger partial charge is 0.457 e. The van der Waals surface area contributed by atoms with Crippen molar-refractivity contribution in [2.24, 2.45) is 12.8 Å². The molecule has 2 heterocycles. The Labute approximate surface area is 170 Å². The number of nitrogens with zero attached hydrogens (tertiary/aromatic N) is 4. The summed E-state index contributed by atoms with van der Waals surface area (Å²) in [6.07, 6.45) is 2.28. The van der Waals surface area contributed by atoms with E-state index < -0.39 is 5.91 Å². The third kappa shape index (κ3) is 4.30. The van der Waals surface area contributed by atoms with Gasteiger partial charge in [-0.05, 0) is 68.3 Å². The van der Waals surface area contributed by atoms with Crippen LogP contribution in [0.25, 0.3) is 0 Å². The molecule has 0 aliphatic carbocycles. The number of primary amides is 1. The van der Waals surface area contributed by atoms with Crippen molar-refractivity contribution in [1.82, 2.24) is 19.9 Å². The average molecular weight is 391 g/mol. The fraction of sp³-hybridized carbons (Fsp3) is 0.318. The highest BCUT2D eigenvalue weighted by Gasteiger charge is 2.29. The van der Waals surface area contributed by atoms with Crippen LogP contribution in [0.4, 0.5) is 0 Å². The van der Waals surface area contributed by atoms with Gasteiger partial charge in [-0.15, -0.1) is 0 Å². The van der Waals surface area contributed by atoms with E-state index in [9.17, 15) is 4.79 Å². The third-order valence-electron chi connectivity index (χ3n) is 5.28. The van der Waals surface area contributed by atoms with E-state index in [1.807, 2.05) is 26.1 Å². The minimum atomic E-state index is -0.446. The van der Waals surface area contributed by atoms with Gasteiger partial charge in [0, 0.05) is 19.2 Å². The van der Waals surface area contributed by atoms with Crippen LogP contribution in [-0.2, 0) is 13.6 Å². The second-order valence-electron chi connectivity index (χ2n) is 7.42. The Bertz CT molecular complexity index is 995. The molecule has 1 amide bonds. The summed E-state index contributed by atoms with van der Waals surface area (Å²) in [7, 11) is 1.87. The minimum absolute atomic E-state index is 0.323. The Morgan fingerprint density at radius 3 is 2.34 bits per heavy atom. The molecule has 1 aliphatic heterocycles. The van der Waals surface area contributed by atoms with Crippen molar-refractivity contribution in [3.8, 4) is 11.5 Å². The summed E-state index contributed by atoms with van der Waals surface area (Å²) in [5.74, 6) is 0.974. The first-order valence-corrected chi connectivity index (χ1v) is 9.78. The van der Waals surface area contributed by atoms with E-state index in [2.05, 4.69) is 27.2 Å². The van der Waals surface area contributed by atoms with Gasteiger partial charge in [0.2, 0.25) is 5.91 Å². The summed E-state index contributed by atoms with van der Waals surface area (Å²) in [5, 5.41) is 8.98. The summed E-state index contributed by atoms with van der Waals surface area (Å²) in [5.41, 5.74) is 9.06. The van der Waals surface area contributed by atoms with Gasteiger partial charge in [-0.25, -0.2) is 0 Å². The van der Waals surface area contributed by atoms with Gasteiger partial charge in [-0.3, -0.25) is 9.69 Å². The molecule has 1 fully saturated rings. The highest BCUT2D eigenvalue weighted by molar-refractivity contribution is 5.92. The third-order valence-corrected chi connectivity index (χ3v) is 5.28. The molecule has 1 aromatic heterocycles. The standard InChI is InChI=1S/C22H25N5O2/c1-15-21(25-26(2)24-15)20-4-3-13-27(20)14-16-5-9-18(10-6-16)29-19-11-7-17(8-12-19)22(23)28/h5-12,20H,3-4,13-14H2,1-2H3,(H2,23,28). The summed E-state index contributed by atoms with van der Waals surface area (Å²) in [6, 6.07) is 15.2. The second-order valence-corrected chi connectivity index (χ2v) is 7.42. The molecular weight excluding hydrogens is 366 g/mol. The van der Waals surface area contributed by atoms with Gasteiger partial charge in [0.05, 0.1) is 11.7 Å². The number of benzene rings is 2. The van der Waals surface area contributed by atoms with Crippen molar-refractivity contribution < 1.29 is 9.53 Å². The number of carbonyl (C=O) groups is 1. The summed E-state index contributed by atoms with van der Waals surface area (Å²) >= 11 is 0. The fourth-order valence-electron chi connectivity index (χ4n) is 3.87. The molecular formula is C22H25N5O2. The predicted octanol–water partition coefficient (Wildman–Crippen LogP) is 3.35. The molecule has 1 atom stereocenters. The number of aryl methyl sites for hydroxylation is 2. The van der Waals surface area contributed by atoms with Crippen LogP contribution in [0, 0.1) is 6.92 Å². The maximum absolute atomic E-state index is 11.2. The zero-order chi connectivity index (χ0) is 20.4. The van der Waals surface area contributed by atoms with Gasteiger partial charge in [-0.1, -0.05) is 12.1 Å². The molecule has 1 saturated heterocycles. The van der Waals surface area contributed by atoms with Crippen molar-refractivity contribution in [3.63, 3.8) is 0 Å². The number of ether oxygens (including phenoxy) is 1. The van der Waals surface area contributed by atoms with Crippen LogP contribution in [0.5, 0.6) is 11.5 Å². The van der Waals surface area contributed by atoms with Crippen LogP contribution in [-0.4, -0.2) is 32.3 Å². The Morgan fingerprint density at radius 1 is 1.10 bits per heavy atom. The van der Waals surface area contributed by atoms with E-state index in [1.165, 1.54) is 12.0 Å². The van der Waals surface area contributed by atoms with Crippen molar-refractivity contribution in [1.29, 1.82) is 0 Å². The summed E-state index contributed by atoms with van der Waals surface area (Å²) in [6.45, 7) is 3.96. The lowest BCUT2D eigenvalue weighted by molar-refractivity contribution is 0.100. The maximum Gasteiger partial charge on any atom is 0.248 e. The number of carbonyl (C=O) groups excluding carboxylic acids is 1. The van der Waals surface area contributed by atoms with Gasteiger partial charge in [-0.2, -0.15) is 15.0 Å². The van der Waals surface area contributed by atoms with E-state index >= 15 is 0 Å². The number of aromatic nitrogens is 3. The molecule has 2 N–H and O–H groups in total. The Morgan fingerprint density at radius 2 is 1.76 bits per heavy atom. The number of rotatable bonds is 6. The van der Waals surface area contributed by atoms with Crippen molar-refractivity contribution in [2.75, 3.05) is 6.54 Å². The monoisotopic (exact) mass is 391 g/mol. The fourth-order valence-corrected chi connectivity index (χ4v) is 3.87. The molecule has 0 saturated carbocycles. The molecule has 1 aliphatic rings. The summed E-state index contributed by atoms with van der Waals surface area (Å²) in [4.78, 5) is 15.3. The maximum atomic E-state index is 11.2. The van der Waals surface area contributed by atoms with E-state index in [4.69, 9.17) is 10.5 Å². The summed E-state index contributed by atoms with van der Waals surface area (Å²) < 4.78 is 5.86. The van der Waals surface area contributed by atoms with Crippen molar-refractivity contribution >= 4 is 5.91 Å². The molecule has 0 radical (unpaired) electrons. The van der Waals surface area contributed by atoms with Crippen LogP contribution < -0.4 is 10.5 Å². The Hall–Kier alpha value is -3.19. The topological polar surface area (TPSA) is 86.3 Å². The number of hydrogen-bond acceptors (Lipinski definition) is 5. The van der Waals surface area contributed by atoms with Gasteiger partial charge < -0.3 is 10.5 Å².